The molecule has 4 nitrogen and oxygen atoms in total. The molecule has 0 atom stereocenters. The molecule has 1 aliphatic rings. The van der Waals surface area contributed by atoms with Crippen LogP contribution in [0.15, 0.2) is 54.6 Å². The van der Waals surface area contributed by atoms with Crippen molar-refractivity contribution in [2.24, 2.45) is 0 Å². The van der Waals surface area contributed by atoms with Gasteiger partial charge in [-0.2, -0.15) is 0 Å². The van der Waals surface area contributed by atoms with Gasteiger partial charge in [0.15, 0.2) is 5.78 Å². The molecule has 0 fully saturated rings. The molecule has 3 aromatic carbocycles. The molecule has 0 saturated heterocycles. The van der Waals surface area contributed by atoms with Gasteiger partial charge in [0.2, 0.25) is 0 Å². The van der Waals surface area contributed by atoms with Crippen molar-refractivity contribution in [3.63, 3.8) is 0 Å². The normalized spacial score (nSPS) is 11.8. The Morgan fingerprint density at radius 3 is 2.46 bits per heavy atom. The topological polar surface area (TPSA) is 72.2 Å². The monoisotopic (exact) mass is 366 g/mol. The molecule has 128 valence electrons. The molecule has 3 aromatic rings. The number of nitrogens with one attached hydrogen (secondary N) is 1. The van der Waals surface area contributed by atoms with Gasteiger partial charge in [0.1, 0.15) is 5.82 Å². The Morgan fingerprint density at radius 1 is 1.00 bits per heavy atom. The molecule has 0 radical (unpaired) electrons. The number of hydrogen-bond donors (Lipinski definition) is 2. The Balaban J connectivity index is 1.79. The quantitative estimate of drug-likeness (QED) is 0.512. The number of nitrogens with two attached hydrogens (primary N) is 1. The third-order valence-corrected chi connectivity index (χ3v) is 4.63. The average Bonchev–Trinajstić information content (AvgIpc) is 2.93. The van der Waals surface area contributed by atoms with Crippen molar-refractivity contribution in [1.82, 2.24) is 0 Å². The highest BCUT2D eigenvalue weighted by molar-refractivity contribution is 6.31. The summed E-state index contributed by atoms with van der Waals surface area (Å²) in [6.07, 6.45) is 0. The molecular weight excluding hydrogens is 355 g/mol. The van der Waals surface area contributed by atoms with Crippen LogP contribution in [0, 0.1) is 5.82 Å². The number of halogens is 2. The van der Waals surface area contributed by atoms with Crippen LogP contribution in [-0.2, 0) is 0 Å². The van der Waals surface area contributed by atoms with E-state index >= 15 is 0 Å². The van der Waals surface area contributed by atoms with E-state index in [2.05, 4.69) is 5.32 Å². The first-order valence-electron chi connectivity index (χ1n) is 7.80. The number of amides is 1. The van der Waals surface area contributed by atoms with Gasteiger partial charge in [0, 0.05) is 28.3 Å². The summed E-state index contributed by atoms with van der Waals surface area (Å²) in [7, 11) is 0. The van der Waals surface area contributed by atoms with Gasteiger partial charge in [-0.1, -0.05) is 48.0 Å². The third-order valence-electron chi connectivity index (χ3n) is 4.34. The number of carbonyl (C=O) groups excluding carboxylic acids is 2. The number of nitrogen functional groups attached to an aromatic ring is 1. The first kappa shape index (κ1) is 16.3. The summed E-state index contributed by atoms with van der Waals surface area (Å²) in [5, 5.41) is 2.50. The van der Waals surface area contributed by atoms with Crippen molar-refractivity contribution in [2.75, 3.05) is 11.1 Å². The van der Waals surface area contributed by atoms with Crippen molar-refractivity contribution >= 4 is 34.7 Å². The van der Waals surface area contributed by atoms with Crippen molar-refractivity contribution in [1.29, 1.82) is 0 Å². The summed E-state index contributed by atoms with van der Waals surface area (Å²) in [6.45, 7) is 0. The standard InChI is InChI=1S/C20H12ClFN2O2/c21-14-8-17(16(23)9-15(14)22)24-20(26)13-7-3-6-12-18(13)10-4-1-2-5-11(10)19(12)25/h1-9H,23H2,(H,24,26). The maximum Gasteiger partial charge on any atom is 0.256 e. The highest BCUT2D eigenvalue weighted by atomic mass is 35.5. The molecule has 3 N–H and O–H groups in total. The number of carbonyl (C=O) groups is 2. The number of benzene rings is 3. The Labute approximate surface area is 153 Å². The first-order valence-corrected chi connectivity index (χ1v) is 8.18. The predicted molar refractivity (Wildman–Crippen MR) is 99.1 cm³/mol. The van der Waals surface area contributed by atoms with E-state index in [0.717, 1.165) is 6.07 Å². The van der Waals surface area contributed by atoms with E-state index in [1.54, 1.807) is 36.4 Å². The van der Waals surface area contributed by atoms with Crippen LogP contribution in [0.3, 0.4) is 0 Å². The minimum absolute atomic E-state index is 0.0595. The number of rotatable bonds is 2. The van der Waals surface area contributed by atoms with Crippen molar-refractivity contribution in [2.45, 2.75) is 0 Å². The fourth-order valence-electron chi connectivity index (χ4n) is 3.13. The molecular formula is C20H12ClFN2O2. The second-order valence-corrected chi connectivity index (χ2v) is 6.32. The fourth-order valence-corrected chi connectivity index (χ4v) is 3.29. The summed E-state index contributed by atoms with van der Waals surface area (Å²) in [5.41, 5.74) is 8.69. The lowest BCUT2D eigenvalue weighted by Crippen LogP contribution is -2.15. The van der Waals surface area contributed by atoms with E-state index in [1.165, 1.54) is 6.07 Å². The molecule has 0 saturated carbocycles. The molecule has 0 heterocycles. The van der Waals surface area contributed by atoms with E-state index in [9.17, 15) is 14.0 Å². The molecule has 6 heteroatoms. The highest BCUT2D eigenvalue weighted by Gasteiger charge is 2.30. The number of hydrogen-bond acceptors (Lipinski definition) is 3. The van der Waals surface area contributed by atoms with Crippen LogP contribution in [0.25, 0.3) is 11.1 Å². The predicted octanol–water partition coefficient (Wildman–Crippen LogP) is 4.53. The minimum atomic E-state index is -0.665. The van der Waals surface area contributed by atoms with Crippen LogP contribution in [0.5, 0.6) is 0 Å². The van der Waals surface area contributed by atoms with Crippen LogP contribution >= 0.6 is 11.6 Å². The minimum Gasteiger partial charge on any atom is -0.397 e. The molecule has 4 rings (SSSR count). The molecule has 0 bridgehead atoms. The SMILES string of the molecule is Nc1cc(F)c(Cl)cc1NC(=O)c1cccc2c1-c1ccccc1C2=O. The fraction of sp³-hybridized carbons (Fsp3) is 0. The number of anilines is 2. The van der Waals surface area contributed by atoms with E-state index in [-0.39, 0.29) is 22.2 Å². The van der Waals surface area contributed by atoms with Crippen LogP contribution in [-0.4, -0.2) is 11.7 Å². The molecule has 1 aliphatic carbocycles. The lowest BCUT2D eigenvalue weighted by atomic mass is 9.99. The van der Waals surface area contributed by atoms with Crippen LogP contribution in [0.2, 0.25) is 5.02 Å². The van der Waals surface area contributed by atoms with Gasteiger partial charge < -0.3 is 11.1 Å². The maximum absolute atomic E-state index is 13.4. The Morgan fingerprint density at radius 2 is 1.69 bits per heavy atom. The summed E-state index contributed by atoms with van der Waals surface area (Å²) in [4.78, 5) is 25.4. The van der Waals surface area contributed by atoms with E-state index in [4.69, 9.17) is 17.3 Å². The highest BCUT2D eigenvalue weighted by Crippen LogP contribution is 2.39. The number of ketones is 1. The molecule has 26 heavy (non-hydrogen) atoms. The smallest absolute Gasteiger partial charge is 0.256 e. The largest absolute Gasteiger partial charge is 0.397 e. The van der Waals surface area contributed by atoms with Crippen LogP contribution in [0.1, 0.15) is 26.3 Å². The summed E-state index contributed by atoms with van der Waals surface area (Å²) in [5.74, 6) is -1.24. The Bertz CT molecular complexity index is 1100. The van der Waals surface area contributed by atoms with Crippen LogP contribution < -0.4 is 11.1 Å². The summed E-state index contributed by atoms with van der Waals surface area (Å²) >= 11 is 5.77. The van der Waals surface area contributed by atoms with Crippen molar-refractivity contribution < 1.29 is 14.0 Å². The van der Waals surface area contributed by atoms with E-state index < -0.39 is 11.7 Å². The maximum atomic E-state index is 13.4. The second kappa shape index (κ2) is 5.97. The first-order chi connectivity index (χ1) is 12.5. The van der Waals surface area contributed by atoms with E-state index in [1.807, 2.05) is 6.07 Å². The van der Waals surface area contributed by atoms with E-state index in [0.29, 0.717) is 27.8 Å². The lowest BCUT2D eigenvalue weighted by molar-refractivity contribution is 0.102. The Hall–Kier alpha value is -3.18. The van der Waals surface area contributed by atoms with Gasteiger partial charge in [-0.3, -0.25) is 9.59 Å². The van der Waals surface area contributed by atoms with Gasteiger partial charge in [-0.15, -0.1) is 0 Å². The van der Waals surface area contributed by atoms with Gasteiger partial charge in [-0.25, -0.2) is 4.39 Å². The zero-order valence-corrected chi connectivity index (χ0v) is 14.1. The zero-order chi connectivity index (χ0) is 18.4. The van der Waals surface area contributed by atoms with Gasteiger partial charge in [-0.05, 0) is 17.7 Å². The molecule has 0 aliphatic heterocycles. The Kier molecular flexibility index (Phi) is 3.74. The molecule has 0 aromatic heterocycles. The summed E-state index contributed by atoms with van der Waals surface area (Å²) < 4.78 is 13.4. The van der Waals surface area contributed by atoms with Crippen LogP contribution in [0.4, 0.5) is 15.8 Å². The van der Waals surface area contributed by atoms with Gasteiger partial charge in [0.05, 0.1) is 16.4 Å². The molecule has 1 amide bonds. The average molecular weight is 367 g/mol. The number of fused-ring (bicyclic) bond motifs is 3. The van der Waals surface area contributed by atoms with Crippen molar-refractivity contribution in [3.8, 4) is 11.1 Å². The van der Waals surface area contributed by atoms with Crippen molar-refractivity contribution in [3.05, 3.63) is 82.1 Å². The second-order valence-electron chi connectivity index (χ2n) is 5.91. The third kappa shape index (κ3) is 2.45. The summed E-state index contributed by atoms with van der Waals surface area (Å²) in [6, 6.07) is 14.4. The van der Waals surface area contributed by atoms with Gasteiger partial charge in [0.25, 0.3) is 5.91 Å². The van der Waals surface area contributed by atoms with Gasteiger partial charge >= 0.3 is 0 Å². The zero-order valence-electron chi connectivity index (χ0n) is 13.3. The molecule has 0 spiro atoms. The lowest BCUT2D eigenvalue weighted by Gasteiger charge is -2.12. The molecule has 0 unspecified atom stereocenters.